The molecule has 202 valence electrons. The molecule has 1 N–H and O–H groups in total. The molecular weight excluding hydrogens is 550 g/mol. The van der Waals surface area contributed by atoms with E-state index in [-0.39, 0.29) is 15.4 Å². The minimum Gasteiger partial charge on any atom is -0.444 e. The van der Waals surface area contributed by atoms with Crippen molar-refractivity contribution in [1.82, 2.24) is 5.32 Å². The molecule has 3 rings (SSSR count). The molecule has 3 aromatic carbocycles. The first-order chi connectivity index (χ1) is 17.7. The molecule has 3 aromatic rings. The lowest BCUT2D eigenvalue weighted by atomic mass is 9.88. The van der Waals surface area contributed by atoms with Gasteiger partial charge in [-0.2, -0.15) is 0 Å². The Morgan fingerprint density at radius 2 is 1.29 bits per heavy atom. The summed E-state index contributed by atoms with van der Waals surface area (Å²) in [7, 11) is -9.20. The van der Waals surface area contributed by atoms with Crippen LogP contribution in [0, 0.1) is 0 Å². The van der Waals surface area contributed by atoms with Gasteiger partial charge in [0.25, 0.3) is 0 Å². The Labute approximate surface area is 227 Å². The van der Waals surface area contributed by atoms with Gasteiger partial charge in [-0.05, 0) is 62.7 Å². The van der Waals surface area contributed by atoms with Crippen molar-refractivity contribution in [3.05, 3.63) is 95.5 Å². The Morgan fingerprint density at radius 1 is 0.842 bits per heavy atom. The van der Waals surface area contributed by atoms with Gasteiger partial charge in [-0.15, -0.1) is 0 Å². The number of ether oxygens (including phenoxy) is 1. The van der Waals surface area contributed by atoms with Gasteiger partial charge < -0.3 is 14.8 Å². The highest BCUT2D eigenvalue weighted by atomic mass is 35.5. The summed E-state index contributed by atoms with van der Waals surface area (Å²) in [4.78, 5) is 25.2. The summed E-state index contributed by atoms with van der Waals surface area (Å²) in [5, 5.41) is 2.76. The van der Waals surface area contributed by atoms with E-state index >= 15 is 0 Å². The Morgan fingerprint density at radius 3 is 1.68 bits per heavy atom. The third-order valence-corrected chi connectivity index (χ3v) is 11.0. The molecule has 0 aliphatic carbocycles. The average Bonchev–Trinajstić information content (AvgIpc) is 2.86. The van der Waals surface area contributed by atoms with E-state index < -0.39 is 47.9 Å². The zero-order valence-electron chi connectivity index (χ0n) is 21.0. The fraction of sp³-hybridized carbons (Fsp3) is 0.259. The van der Waals surface area contributed by atoms with Crippen LogP contribution >= 0.6 is 11.6 Å². The Kier molecular flexibility index (Phi) is 8.70. The van der Waals surface area contributed by atoms with Crippen molar-refractivity contribution < 1.29 is 31.2 Å². The lowest BCUT2D eigenvalue weighted by molar-refractivity contribution is -0.114. The number of hydrogen-bond donors (Lipinski definition) is 1. The van der Waals surface area contributed by atoms with Crippen molar-refractivity contribution >= 4 is 43.7 Å². The van der Waals surface area contributed by atoms with Crippen LogP contribution in [0.2, 0.25) is 5.02 Å². The minimum absolute atomic E-state index is 0.124. The van der Waals surface area contributed by atoms with Crippen LogP contribution in [-0.4, -0.2) is 39.4 Å². The fourth-order valence-electron chi connectivity index (χ4n) is 3.79. The smallest absolute Gasteiger partial charge is 0.408 e. The first-order valence-corrected chi connectivity index (χ1v) is 15.0. The second kappa shape index (κ2) is 11.3. The third-order valence-electron chi connectivity index (χ3n) is 5.61. The van der Waals surface area contributed by atoms with E-state index in [1.54, 1.807) is 32.9 Å². The van der Waals surface area contributed by atoms with Crippen LogP contribution in [0.5, 0.6) is 0 Å². The lowest BCUT2D eigenvalue weighted by Crippen LogP contribution is -2.52. The van der Waals surface area contributed by atoms with Gasteiger partial charge >= 0.3 is 6.09 Å². The van der Waals surface area contributed by atoms with Crippen LogP contribution < -0.4 is 5.32 Å². The number of halogens is 1. The maximum atomic E-state index is 13.9. The van der Waals surface area contributed by atoms with Crippen molar-refractivity contribution in [2.24, 2.45) is 0 Å². The molecule has 1 atom stereocenters. The van der Waals surface area contributed by atoms with E-state index in [1.807, 2.05) is 0 Å². The molecule has 0 spiro atoms. The van der Waals surface area contributed by atoms with Gasteiger partial charge in [-0.3, -0.25) is 0 Å². The summed E-state index contributed by atoms with van der Waals surface area (Å²) in [5.41, 5.74) is -2.94. The predicted molar refractivity (Wildman–Crippen MR) is 144 cm³/mol. The maximum Gasteiger partial charge on any atom is 0.408 e. The first kappa shape index (κ1) is 29.3. The number of rotatable bonds is 9. The Bertz CT molecular complexity index is 1420. The zero-order chi connectivity index (χ0) is 28.2. The summed E-state index contributed by atoms with van der Waals surface area (Å²) in [6, 6.07) is 19.8. The van der Waals surface area contributed by atoms with Crippen molar-refractivity contribution in [3.8, 4) is 0 Å². The summed E-state index contributed by atoms with van der Waals surface area (Å²) in [6.45, 7) is 4.83. The number of nitrogens with one attached hydrogen (secondary N) is 1. The average molecular weight is 578 g/mol. The van der Waals surface area contributed by atoms with E-state index in [9.17, 15) is 26.4 Å². The summed E-state index contributed by atoms with van der Waals surface area (Å²) in [6.07, 6.45) is -1.56. The minimum atomic E-state index is -4.60. The highest BCUT2D eigenvalue weighted by molar-refractivity contribution is 8.09. The van der Waals surface area contributed by atoms with E-state index in [1.165, 1.54) is 72.8 Å². The molecular formula is C27H28ClNO7S2. The number of amides is 1. The van der Waals surface area contributed by atoms with Crippen molar-refractivity contribution in [2.75, 3.05) is 0 Å². The first-order valence-electron chi connectivity index (χ1n) is 11.5. The highest BCUT2D eigenvalue weighted by Gasteiger charge is 2.48. The number of sulfone groups is 2. The molecule has 0 saturated heterocycles. The standard InChI is InChI=1S/C27H28ClNO7S2/c1-26(2,3)36-25(31)29-27(19-30,20-14-16-21(28)17-15-20)18-24(37(32,33)22-10-6-4-7-11-22)38(34,35)23-12-8-5-9-13-23/h4-17,19,24H,18H2,1-3H3,(H,29,31)/t27-/m1/s1. The number of carbonyl (C=O) groups excluding carboxylic acids is 2. The molecule has 0 unspecified atom stereocenters. The number of alkyl carbamates (subject to hydrolysis) is 1. The maximum absolute atomic E-state index is 13.9. The van der Waals surface area contributed by atoms with Crippen LogP contribution in [0.4, 0.5) is 4.79 Å². The third kappa shape index (κ3) is 6.61. The molecule has 0 aliphatic rings. The molecule has 0 fully saturated rings. The number of benzene rings is 3. The van der Waals surface area contributed by atoms with Crippen LogP contribution in [0.25, 0.3) is 0 Å². The van der Waals surface area contributed by atoms with Crippen molar-refractivity contribution in [2.45, 2.75) is 52.7 Å². The number of carbonyl (C=O) groups is 2. The van der Waals surface area contributed by atoms with Gasteiger partial charge in [-0.1, -0.05) is 60.1 Å². The molecule has 0 saturated carbocycles. The van der Waals surface area contributed by atoms with E-state index in [4.69, 9.17) is 16.3 Å². The van der Waals surface area contributed by atoms with Crippen LogP contribution in [0.15, 0.2) is 94.7 Å². The largest absolute Gasteiger partial charge is 0.444 e. The summed E-state index contributed by atoms with van der Waals surface area (Å²) < 4.78 is 58.7. The molecule has 0 aromatic heterocycles. The van der Waals surface area contributed by atoms with Gasteiger partial charge in [0.2, 0.25) is 0 Å². The molecule has 0 bridgehead atoms. The van der Waals surface area contributed by atoms with Gasteiger partial charge in [0.15, 0.2) is 24.3 Å². The highest BCUT2D eigenvalue weighted by Crippen LogP contribution is 2.36. The van der Waals surface area contributed by atoms with Gasteiger partial charge in [-0.25, -0.2) is 21.6 Å². The molecule has 1 amide bonds. The zero-order valence-corrected chi connectivity index (χ0v) is 23.4. The number of aldehydes is 1. The Hall–Kier alpha value is -3.21. The van der Waals surface area contributed by atoms with Crippen LogP contribution in [0.3, 0.4) is 0 Å². The molecule has 0 aliphatic heterocycles. The Balaban J connectivity index is 2.26. The quantitative estimate of drug-likeness (QED) is 0.358. The van der Waals surface area contributed by atoms with Crippen LogP contribution in [-0.2, 0) is 34.7 Å². The lowest BCUT2D eigenvalue weighted by Gasteiger charge is -2.34. The van der Waals surface area contributed by atoms with E-state index in [2.05, 4.69) is 5.32 Å². The normalized spacial score (nSPS) is 13.9. The van der Waals surface area contributed by atoms with Crippen molar-refractivity contribution in [1.29, 1.82) is 0 Å². The predicted octanol–water partition coefficient (Wildman–Crippen LogP) is 4.92. The number of hydrogen-bond acceptors (Lipinski definition) is 7. The molecule has 8 nitrogen and oxygen atoms in total. The fourth-order valence-corrected chi connectivity index (χ4v) is 8.56. The topological polar surface area (TPSA) is 124 Å². The summed E-state index contributed by atoms with van der Waals surface area (Å²) in [5.74, 6) is 0. The van der Waals surface area contributed by atoms with Gasteiger partial charge in [0.05, 0.1) is 9.79 Å². The van der Waals surface area contributed by atoms with Gasteiger partial charge in [0.1, 0.15) is 17.4 Å². The van der Waals surface area contributed by atoms with E-state index in [0.717, 1.165) is 0 Å². The second-order valence-corrected chi connectivity index (χ2v) is 14.6. The summed E-state index contributed by atoms with van der Waals surface area (Å²) >= 11 is 6.02. The SMILES string of the molecule is CC(C)(C)OC(=O)N[C@@](C=O)(CC(S(=O)(=O)c1ccccc1)S(=O)(=O)c1ccccc1)c1ccc(Cl)cc1. The van der Waals surface area contributed by atoms with Crippen LogP contribution in [0.1, 0.15) is 32.8 Å². The van der Waals surface area contributed by atoms with E-state index in [0.29, 0.717) is 11.3 Å². The monoisotopic (exact) mass is 577 g/mol. The molecule has 0 radical (unpaired) electrons. The molecule has 11 heteroatoms. The molecule has 0 heterocycles. The molecule has 38 heavy (non-hydrogen) atoms. The second-order valence-electron chi connectivity index (χ2n) is 9.57. The van der Waals surface area contributed by atoms with Crippen molar-refractivity contribution in [3.63, 3.8) is 0 Å². The van der Waals surface area contributed by atoms with Gasteiger partial charge in [0, 0.05) is 11.4 Å².